The van der Waals surface area contributed by atoms with Gasteiger partial charge < -0.3 is 0 Å². The minimum atomic E-state index is 1.04. The van der Waals surface area contributed by atoms with Crippen LogP contribution in [-0.2, 0) is 0 Å². The predicted molar refractivity (Wildman–Crippen MR) is 95.2 cm³/mol. The Labute approximate surface area is 131 Å². The monoisotopic (exact) mass is 286 g/mol. The quantitative estimate of drug-likeness (QED) is 0.623. The average Bonchev–Trinajstić information content (AvgIpc) is 2.61. The number of rotatable bonds is 5. The topological polar surface area (TPSA) is 15.3 Å². The van der Waals surface area contributed by atoms with Gasteiger partial charge >= 0.3 is 0 Å². The van der Waals surface area contributed by atoms with Gasteiger partial charge in [0.25, 0.3) is 0 Å². The summed E-state index contributed by atoms with van der Waals surface area (Å²) in [7, 11) is 0. The molecule has 0 heterocycles. The number of anilines is 3. The molecule has 0 atom stereocenters. The van der Waals surface area contributed by atoms with Crippen LogP contribution >= 0.6 is 0 Å². The van der Waals surface area contributed by atoms with Gasteiger partial charge in [-0.3, -0.25) is 10.4 Å². The van der Waals surface area contributed by atoms with Crippen LogP contribution in [0.3, 0.4) is 0 Å². The second-order valence-corrected chi connectivity index (χ2v) is 4.94. The van der Waals surface area contributed by atoms with Crippen molar-refractivity contribution < 1.29 is 0 Å². The molecule has 2 heteroatoms. The lowest BCUT2D eigenvalue weighted by Crippen LogP contribution is -2.24. The normalized spacial score (nSPS) is 10.0. The molecule has 3 aromatic rings. The molecule has 1 N–H and O–H groups in total. The van der Waals surface area contributed by atoms with E-state index in [-0.39, 0.29) is 0 Å². The largest absolute Gasteiger partial charge is 0.294 e. The molecule has 0 unspecified atom stereocenters. The van der Waals surface area contributed by atoms with Crippen molar-refractivity contribution in [3.63, 3.8) is 0 Å². The first-order chi connectivity index (χ1) is 10.9. The molecule has 0 aliphatic carbocycles. The highest BCUT2D eigenvalue weighted by Gasteiger charge is 2.08. The molecule has 0 aliphatic heterocycles. The second kappa shape index (κ2) is 6.64. The second-order valence-electron chi connectivity index (χ2n) is 4.94. The lowest BCUT2D eigenvalue weighted by Gasteiger charge is -2.26. The number of nitrogens with zero attached hydrogens (tertiary/aromatic N) is 1. The van der Waals surface area contributed by atoms with Crippen LogP contribution in [0.5, 0.6) is 0 Å². The van der Waals surface area contributed by atoms with Crippen LogP contribution in [0.1, 0.15) is 5.56 Å². The number of benzene rings is 3. The van der Waals surface area contributed by atoms with Gasteiger partial charge in [-0.2, -0.15) is 0 Å². The van der Waals surface area contributed by atoms with E-state index in [0.717, 1.165) is 22.6 Å². The molecule has 0 bridgehead atoms. The first kappa shape index (κ1) is 14.0. The Morgan fingerprint density at radius 3 is 1.82 bits per heavy atom. The van der Waals surface area contributed by atoms with Crippen molar-refractivity contribution in [1.29, 1.82) is 0 Å². The van der Waals surface area contributed by atoms with E-state index in [0.29, 0.717) is 0 Å². The summed E-state index contributed by atoms with van der Waals surface area (Å²) < 4.78 is 0. The minimum Gasteiger partial charge on any atom is -0.294 e. The maximum absolute atomic E-state index is 3.80. The summed E-state index contributed by atoms with van der Waals surface area (Å²) in [5.41, 5.74) is 7.76. The van der Waals surface area contributed by atoms with Crippen molar-refractivity contribution in [2.75, 3.05) is 10.4 Å². The number of hydrazine groups is 1. The van der Waals surface area contributed by atoms with Gasteiger partial charge in [0.2, 0.25) is 0 Å². The Morgan fingerprint density at radius 1 is 0.682 bits per heavy atom. The zero-order valence-corrected chi connectivity index (χ0v) is 12.3. The first-order valence-electron chi connectivity index (χ1n) is 7.26. The SMILES string of the molecule is C=Cc1ccc(N(Nc2ccccc2)c2ccccc2)cc1. The summed E-state index contributed by atoms with van der Waals surface area (Å²) in [6.45, 7) is 3.80. The molecule has 0 radical (unpaired) electrons. The predicted octanol–water partition coefficient (Wildman–Crippen LogP) is 5.49. The van der Waals surface area contributed by atoms with Gasteiger partial charge in [-0.05, 0) is 42.0 Å². The zero-order chi connectivity index (χ0) is 15.2. The molecule has 2 nitrogen and oxygen atoms in total. The smallest absolute Gasteiger partial charge is 0.0630 e. The van der Waals surface area contributed by atoms with Crippen LogP contribution in [0, 0.1) is 0 Å². The van der Waals surface area contributed by atoms with E-state index in [1.165, 1.54) is 0 Å². The van der Waals surface area contributed by atoms with E-state index in [1.807, 2.05) is 54.6 Å². The van der Waals surface area contributed by atoms with Crippen LogP contribution in [-0.4, -0.2) is 0 Å². The standard InChI is InChI=1S/C20H18N2/c1-2-17-13-15-20(16-14-17)22(19-11-7-4-8-12-19)21-18-9-5-3-6-10-18/h2-16,21H,1H2. The fourth-order valence-corrected chi connectivity index (χ4v) is 2.26. The van der Waals surface area contributed by atoms with E-state index < -0.39 is 0 Å². The Balaban J connectivity index is 1.96. The lowest BCUT2D eigenvalue weighted by atomic mass is 10.2. The summed E-state index contributed by atoms with van der Waals surface area (Å²) in [6.07, 6.45) is 1.85. The Morgan fingerprint density at radius 2 is 1.23 bits per heavy atom. The molecule has 22 heavy (non-hydrogen) atoms. The van der Waals surface area contributed by atoms with Gasteiger partial charge in [0.1, 0.15) is 0 Å². The molecule has 0 spiro atoms. The summed E-state index contributed by atoms with van der Waals surface area (Å²) in [4.78, 5) is 0. The highest BCUT2D eigenvalue weighted by molar-refractivity contribution is 5.69. The Kier molecular flexibility index (Phi) is 4.21. The number of hydrogen-bond acceptors (Lipinski definition) is 2. The van der Waals surface area contributed by atoms with E-state index in [2.05, 4.69) is 53.4 Å². The average molecular weight is 286 g/mol. The summed E-state index contributed by atoms with van der Waals surface area (Å²) >= 11 is 0. The van der Waals surface area contributed by atoms with Crippen molar-refractivity contribution in [2.24, 2.45) is 0 Å². The van der Waals surface area contributed by atoms with Crippen LogP contribution < -0.4 is 10.4 Å². The maximum Gasteiger partial charge on any atom is 0.0630 e. The van der Waals surface area contributed by atoms with Crippen LogP contribution in [0.25, 0.3) is 6.08 Å². The van der Waals surface area contributed by atoms with E-state index in [4.69, 9.17) is 0 Å². The Bertz CT molecular complexity index is 719. The molecule has 3 rings (SSSR count). The highest BCUT2D eigenvalue weighted by atomic mass is 15.5. The van der Waals surface area contributed by atoms with Crippen molar-refractivity contribution in [2.45, 2.75) is 0 Å². The van der Waals surface area contributed by atoms with Crippen LogP contribution in [0.4, 0.5) is 17.1 Å². The molecule has 108 valence electrons. The van der Waals surface area contributed by atoms with Gasteiger partial charge in [0, 0.05) is 0 Å². The number of hydrogen-bond donors (Lipinski definition) is 1. The van der Waals surface area contributed by atoms with Crippen molar-refractivity contribution in [3.8, 4) is 0 Å². The number of nitrogens with one attached hydrogen (secondary N) is 1. The third-order valence-electron chi connectivity index (χ3n) is 3.42. The molecule has 0 aromatic heterocycles. The third-order valence-corrected chi connectivity index (χ3v) is 3.42. The van der Waals surface area contributed by atoms with E-state index in [1.54, 1.807) is 0 Å². The first-order valence-corrected chi connectivity index (χ1v) is 7.26. The van der Waals surface area contributed by atoms with Gasteiger partial charge in [0.05, 0.1) is 17.1 Å². The molecule has 0 amide bonds. The van der Waals surface area contributed by atoms with E-state index in [9.17, 15) is 0 Å². The minimum absolute atomic E-state index is 1.04. The van der Waals surface area contributed by atoms with Crippen molar-refractivity contribution in [3.05, 3.63) is 97.1 Å². The van der Waals surface area contributed by atoms with Gasteiger partial charge in [-0.25, -0.2) is 0 Å². The Hall–Kier alpha value is -3.00. The van der Waals surface area contributed by atoms with Gasteiger partial charge in [-0.1, -0.05) is 61.2 Å². The number of para-hydroxylation sites is 2. The van der Waals surface area contributed by atoms with E-state index >= 15 is 0 Å². The lowest BCUT2D eigenvalue weighted by molar-refractivity contribution is 1.16. The third kappa shape index (κ3) is 3.18. The van der Waals surface area contributed by atoms with Crippen molar-refractivity contribution in [1.82, 2.24) is 0 Å². The highest BCUT2D eigenvalue weighted by Crippen LogP contribution is 2.26. The summed E-state index contributed by atoms with van der Waals surface area (Å²) in [6, 6.07) is 28.7. The molecule has 3 aromatic carbocycles. The molecule has 0 saturated heterocycles. The summed E-state index contributed by atoms with van der Waals surface area (Å²) in [5.74, 6) is 0. The summed E-state index contributed by atoms with van der Waals surface area (Å²) in [5, 5.41) is 2.07. The zero-order valence-electron chi connectivity index (χ0n) is 12.3. The fourth-order valence-electron chi connectivity index (χ4n) is 2.26. The van der Waals surface area contributed by atoms with Crippen LogP contribution in [0.2, 0.25) is 0 Å². The van der Waals surface area contributed by atoms with Gasteiger partial charge in [0.15, 0.2) is 0 Å². The molecule has 0 aliphatic rings. The molecule has 0 saturated carbocycles. The molecular formula is C20H18N2. The van der Waals surface area contributed by atoms with Crippen LogP contribution in [0.15, 0.2) is 91.5 Å². The fraction of sp³-hybridized carbons (Fsp3) is 0. The van der Waals surface area contributed by atoms with Crippen molar-refractivity contribution >= 4 is 23.1 Å². The maximum atomic E-state index is 3.80. The molecule has 0 fully saturated rings. The molecular weight excluding hydrogens is 268 g/mol. The van der Waals surface area contributed by atoms with Gasteiger partial charge in [-0.15, -0.1) is 0 Å².